The molecule has 2 aromatic rings. The second-order valence-corrected chi connectivity index (χ2v) is 5.54. The van der Waals surface area contributed by atoms with Crippen LogP contribution in [0, 0.1) is 5.82 Å². The van der Waals surface area contributed by atoms with Crippen LogP contribution in [0.2, 0.25) is 0 Å². The van der Waals surface area contributed by atoms with Crippen molar-refractivity contribution in [1.82, 2.24) is 0 Å². The Hall–Kier alpha value is -1.55. The third-order valence-corrected chi connectivity index (χ3v) is 3.96. The van der Waals surface area contributed by atoms with E-state index < -0.39 is 0 Å². The number of hydrogen-bond donors (Lipinski definition) is 1. The van der Waals surface area contributed by atoms with E-state index in [0.717, 1.165) is 12.8 Å². The molecule has 0 aromatic heterocycles. The van der Waals surface area contributed by atoms with Gasteiger partial charge in [0.2, 0.25) is 0 Å². The summed E-state index contributed by atoms with van der Waals surface area (Å²) >= 11 is 3.10. The van der Waals surface area contributed by atoms with E-state index in [0.29, 0.717) is 21.7 Å². The van der Waals surface area contributed by atoms with Crippen LogP contribution in [0.1, 0.15) is 17.5 Å². The molecule has 2 N–H and O–H groups in total. The van der Waals surface area contributed by atoms with Gasteiger partial charge in [-0.25, -0.2) is 4.39 Å². The molecular formula is C15H13BrFNO. The van der Waals surface area contributed by atoms with E-state index in [1.165, 1.54) is 29.7 Å². The summed E-state index contributed by atoms with van der Waals surface area (Å²) in [6.45, 7) is 0. The molecule has 0 amide bonds. The lowest BCUT2D eigenvalue weighted by Crippen LogP contribution is -1.94. The summed E-state index contributed by atoms with van der Waals surface area (Å²) in [6.07, 6.45) is 3.40. The molecule has 0 spiro atoms. The maximum Gasteiger partial charge on any atom is 0.153 e. The number of benzene rings is 2. The summed E-state index contributed by atoms with van der Waals surface area (Å²) in [5, 5.41) is 0. The van der Waals surface area contributed by atoms with Crippen molar-refractivity contribution in [3.8, 4) is 11.5 Å². The van der Waals surface area contributed by atoms with E-state index in [-0.39, 0.29) is 5.82 Å². The van der Waals surface area contributed by atoms with Crippen molar-refractivity contribution in [3.05, 3.63) is 51.7 Å². The number of aryl methyl sites for hydroxylation is 2. The van der Waals surface area contributed by atoms with Crippen molar-refractivity contribution in [2.75, 3.05) is 5.73 Å². The average molecular weight is 322 g/mol. The molecule has 1 aliphatic rings. The van der Waals surface area contributed by atoms with Crippen LogP contribution in [-0.4, -0.2) is 0 Å². The third kappa shape index (κ3) is 2.45. The number of nitrogens with two attached hydrogens (primary N) is 1. The van der Waals surface area contributed by atoms with Gasteiger partial charge in [0.25, 0.3) is 0 Å². The first-order valence-electron chi connectivity index (χ1n) is 6.17. The predicted octanol–water partition coefficient (Wildman–Crippen LogP) is 4.45. The molecular weight excluding hydrogens is 309 g/mol. The second-order valence-electron chi connectivity index (χ2n) is 4.69. The van der Waals surface area contributed by atoms with Gasteiger partial charge in [0.05, 0.1) is 10.2 Å². The van der Waals surface area contributed by atoms with Gasteiger partial charge in [-0.1, -0.05) is 6.07 Å². The molecule has 0 radical (unpaired) electrons. The van der Waals surface area contributed by atoms with E-state index in [1.807, 2.05) is 12.1 Å². The molecule has 0 saturated heterocycles. The summed E-state index contributed by atoms with van der Waals surface area (Å²) in [7, 11) is 0. The Morgan fingerprint density at radius 3 is 2.74 bits per heavy atom. The Morgan fingerprint density at radius 1 is 1.11 bits per heavy atom. The number of ether oxygens (including phenoxy) is 1. The molecule has 0 bridgehead atoms. The lowest BCUT2D eigenvalue weighted by Gasteiger charge is -2.10. The molecule has 1 aliphatic carbocycles. The molecule has 98 valence electrons. The van der Waals surface area contributed by atoms with Crippen molar-refractivity contribution in [2.24, 2.45) is 0 Å². The molecule has 4 heteroatoms. The molecule has 2 nitrogen and oxygen atoms in total. The van der Waals surface area contributed by atoms with Gasteiger partial charge in [-0.15, -0.1) is 0 Å². The van der Waals surface area contributed by atoms with Gasteiger partial charge < -0.3 is 10.5 Å². The lowest BCUT2D eigenvalue weighted by atomic mass is 10.1. The average Bonchev–Trinajstić information content (AvgIpc) is 2.83. The molecule has 3 rings (SSSR count). The van der Waals surface area contributed by atoms with Crippen molar-refractivity contribution in [3.63, 3.8) is 0 Å². The number of hydrogen-bond acceptors (Lipinski definition) is 2. The van der Waals surface area contributed by atoms with Crippen LogP contribution in [0.3, 0.4) is 0 Å². The minimum atomic E-state index is -0.384. The fourth-order valence-corrected chi connectivity index (χ4v) is 2.73. The molecule has 2 aromatic carbocycles. The predicted molar refractivity (Wildman–Crippen MR) is 77.1 cm³/mol. The zero-order valence-corrected chi connectivity index (χ0v) is 11.8. The summed E-state index contributed by atoms with van der Waals surface area (Å²) in [5.74, 6) is 0.665. The van der Waals surface area contributed by atoms with Crippen LogP contribution < -0.4 is 10.5 Å². The van der Waals surface area contributed by atoms with Crippen molar-refractivity contribution in [2.45, 2.75) is 19.3 Å². The standard InChI is InChI=1S/C15H13BrFNO/c16-12-7-14(18)15(8-13(12)17)19-11-5-4-9-2-1-3-10(9)6-11/h4-8H,1-3,18H2. The van der Waals surface area contributed by atoms with Crippen LogP contribution in [0.4, 0.5) is 10.1 Å². The van der Waals surface area contributed by atoms with Crippen LogP contribution in [0.5, 0.6) is 11.5 Å². The number of fused-ring (bicyclic) bond motifs is 1. The zero-order chi connectivity index (χ0) is 13.4. The van der Waals surface area contributed by atoms with Gasteiger partial charge in [0.15, 0.2) is 5.75 Å². The highest BCUT2D eigenvalue weighted by molar-refractivity contribution is 9.10. The first-order valence-corrected chi connectivity index (χ1v) is 6.97. The largest absolute Gasteiger partial charge is 0.455 e. The van der Waals surface area contributed by atoms with Crippen LogP contribution in [-0.2, 0) is 12.8 Å². The SMILES string of the molecule is Nc1cc(Br)c(F)cc1Oc1ccc2c(c1)CCC2. The highest BCUT2D eigenvalue weighted by Gasteiger charge is 2.13. The van der Waals surface area contributed by atoms with E-state index in [9.17, 15) is 4.39 Å². The minimum absolute atomic E-state index is 0.339. The molecule has 19 heavy (non-hydrogen) atoms. The number of halogens is 2. The summed E-state index contributed by atoms with van der Waals surface area (Å²) in [4.78, 5) is 0. The normalized spacial score (nSPS) is 13.4. The molecule has 0 unspecified atom stereocenters. The summed E-state index contributed by atoms with van der Waals surface area (Å²) in [6, 6.07) is 8.80. The second kappa shape index (κ2) is 4.85. The van der Waals surface area contributed by atoms with Gasteiger partial charge in [-0.05, 0) is 64.5 Å². The Morgan fingerprint density at radius 2 is 1.89 bits per heavy atom. The summed E-state index contributed by atoms with van der Waals surface area (Å²) < 4.78 is 19.5. The highest BCUT2D eigenvalue weighted by atomic mass is 79.9. The first-order chi connectivity index (χ1) is 9.13. The number of anilines is 1. The van der Waals surface area contributed by atoms with E-state index >= 15 is 0 Å². The van der Waals surface area contributed by atoms with E-state index in [4.69, 9.17) is 10.5 Å². The van der Waals surface area contributed by atoms with Gasteiger partial charge in [-0.2, -0.15) is 0 Å². The fourth-order valence-electron chi connectivity index (χ4n) is 2.37. The lowest BCUT2D eigenvalue weighted by molar-refractivity contribution is 0.478. The Bertz CT molecular complexity index is 642. The quantitative estimate of drug-likeness (QED) is 0.829. The van der Waals surface area contributed by atoms with E-state index in [1.54, 1.807) is 0 Å². The van der Waals surface area contributed by atoms with Crippen LogP contribution >= 0.6 is 15.9 Å². The van der Waals surface area contributed by atoms with Gasteiger partial charge in [-0.3, -0.25) is 0 Å². The Labute approximate surface area is 119 Å². The highest BCUT2D eigenvalue weighted by Crippen LogP contribution is 2.34. The topological polar surface area (TPSA) is 35.2 Å². The molecule has 0 atom stereocenters. The number of rotatable bonds is 2. The molecule has 0 fully saturated rings. The van der Waals surface area contributed by atoms with Crippen molar-refractivity contribution >= 4 is 21.6 Å². The molecule has 0 aliphatic heterocycles. The van der Waals surface area contributed by atoms with E-state index in [2.05, 4.69) is 22.0 Å². The zero-order valence-electron chi connectivity index (χ0n) is 10.2. The fraction of sp³-hybridized carbons (Fsp3) is 0.200. The van der Waals surface area contributed by atoms with Crippen molar-refractivity contribution < 1.29 is 9.13 Å². The number of nitrogen functional groups attached to an aromatic ring is 1. The smallest absolute Gasteiger partial charge is 0.153 e. The maximum absolute atomic E-state index is 13.5. The van der Waals surface area contributed by atoms with Gasteiger partial charge in [0.1, 0.15) is 11.6 Å². The minimum Gasteiger partial charge on any atom is -0.455 e. The first kappa shape index (κ1) is 12.5. The maximum atomic E-state index is 13.5. The molecule has 0 saturated carbocycles. The Kier molecular flexibility index (Phi) is 3.19. The Balaban J connectivity index is 1.91. The summed E-state index contributed by atoms with van der Waals surface area (Å²) in [5.41, 5.74) is 8.93. The van der Waals surface area contributed by atoms with Crippen LogP contribution in [0.25, 0.3) is 0 Å². The van der Waals surface area contributed by atoms with Gasteiger partial charge >= 0.3 is 0 Å². The molecule has 0 heterocycles. The third-order valence-electron chi connectivity index (χ3n) is 3.35. The monoisotopic (exact) mass is 321 g/mol. The van der Waals surface area contributed by atoms with Crippen LogP contribution in [0.15, 0.2) is 34.8 Å². The van der Waals surface area contributed by atoms with Gasteiger partial charge in [0, 0.05) is 6.07 Å². The van der Waals surface area contributed by atoms with Crippen molar-refractivity contribution in [1.29, 1.82) is 0 Å².